The second-order valence-electron chi connectivity index (χ2n) is 8.24. The normalized spacial score (nSPS) is 11.8. The molecular formula is C26H18F5N5O. The molecule has 0 saturated heterocycles. The fourth-order valence-electron chi connectivity index (χ4n) is 3.93. The number of imidazole rings is 1. The molecule has 2 aliphatic heterocycles. The van der Waals surface area contributed by atoms with Gasteiger partial charge in [0, 0.05) is 11.3 Å². The first-order chi connectivity index (χ1) is 17.6. The average Bonchev–Trinajstić information content (AvgIpc) is 3.29. The van der Waals surface area contributed by atoms with Crippen molar-refractivity contribution in [3.05, 3.63) is 89.4 Å². The molecule has 0 atom stereocenters. The minimum Gasteiger partial charge on any atom is -0.497 e. The zero-order chi connectivity index (χ0) is 26.3. The summed E-state index contributed by atoms with van der Waals surface area (Å²) in [7, 11) is 1.30. The SMILES string of the molecule is COc1ccc(-c2ccc(Cn3cc4nc(-c5cccc(F)c5F)nc-4cn3)c(C)n2)c(C(F)(F)F)c1. The van der Waals surface area contributed by atoms with Crippen LogP contribution in [0.1, 0.15) is 16.8 Å². The van der Waals surface area contributed by atoms with Crippen molar-refractivity contribution in [3.8, 4) is 39.8 Å². The smallest absolute Gasteiger partial charge is 0.417 e. The molecule has 0 N–H and O–H groups in total. The summed E-state index contributed by atoms with van der Waals surface area (Å²) in [5.41, 5.74) is 1.28. The van der Waals surface area contributed by atoms with E-state index in [4.69, 9.17) is 4.74 Å². The highest BCUT2D eigenvalue weighted by atomic mass is 19.4. The molecule has 3 heterocycles. The van der Waals surface area contributed by atoms with Crippen molar-refractivity contribution < 1.29 is 26.7 Å². The molecule has 0 fully saturated rings. The van der Waals surface area contributed by atoms with Gasteiger partial charge >= 0.3 is 6.18 Å². The van der Waals surface area contributed by atoms with Gasteiger partial charge in [-0.3, -0.25) is 9.67 Å². The van der Waals surface area contributed by atoms with E-state index in [2.05, 4.69) is 20.1 Å². The van der Waals surface area contributed by atoms with Crippen LogP contribution in [0, 0.1) is 18.6 Å². The third kappa shape index (κ3) is 4.72. The summed E-state index contributed by atoms with van der Waals surface area (Å²) >= 11 is 0. The number of halogens is 5. The van der Waals surface area contributed by atoms with E-state index in [-0.39, 0.29) is 34.9 Å². The fourth-order valence-corrected chi connectivity index (χ4v) is 3.93. The number of benzene rings is 2. The van der Waals surface area contributed by atoms with Gasteiger partial charge in [0.15, 0.2) is 17.5 Å². The van der Waals surface area contributed by atoms with E-state index in [9.17, 15) is 22.0 Å². The zero-order valence-electron chi connectivity index (χ0n) is 19.5. The van der Waals surface area contributed by atoms with E-state index in [0.717, 1.165) is 17.7 Å². The maximum absolute atomic E-state index is 14.2. The summed E-state index contributed by atoms with van der Waals surface area (Å²) in [4.78, 5) is 12.9. The Morgan fingerprint density at radius 3 is 2.41 bits per heavy atom. The van der Waals surface area contributed by atoms with Gasteiger partial charge in [0.05, 0.1) is 42.9 Å². The Morgan fingerprint density at radius 1 is 0.892 bits per heavy atom. The van der Waals surface area contributed by atoms with Crippen LogP contribution in [0.3, 0.4) is 0 Å². The molecule has 188 valence electrons. The molecule has 0 saturated carbocycles. The molecule has 37 heavy (non-hydrogen) atoms. The number of rotatable bonds is 5. The summed E-state index contributed by atoms with van der Waals surface area (Å²) < 4.78 is 75.2. The molecule has 3 aromatic rings. The second-order valence-corrected chi connectivity index (χ2v) is 8.24. The number of hydrogen-bond donors (Lipinski definition) is 0. The highest BCUT2D eigenvalue weighted by molar-refractivity contribution is 5.67. The van der Waals surface area contributed by atoms with E-state index in [1.807, 2.05) is 0 Å². The number of ether oxygens (including phenoxy) is 1. The van der Waals surface area contributed by atoms with Crippen LogP contribution in [-0.2, 0) is 12.7 Å². The number of methoxy groups -OCH3 is 1. The van der Waals surface area contributed by atoms with Crippen LogP contribution in [0.4, 0.5) is 22.0 Å². The molecule has 0 aliphatic carbocycles. The molecule has 11 heteroatoms. The predicted molar refractivity (Wildman–Crippen MR) is 125 cm³/mol. The lowest BCUT2D eigenvalue weighted by Gasteiger charge is -2.15. The van der Waals surface area contributed by atoms with E-state index < -0.39 is 23.4 Å². The van der Waals surface area contributed by atoms with Crippen molar-refractivity contribution >= 4 is 0 Å². The van der Waals surface area contributed by atoms with Gasteiger partial charge in [-0.05, 0) is 48.9 Å². The molecule has 5 rings (SSSR count). The summed E-state index contributed by atoms with van der Waals surface area (Å²) in [5.74, 6) is -1.90. The quantitative estimate of drug-likeness (QED) is 0.264. The van der Waals surface area contributed by atoms with E-state index >= 15 is 0 Å². The number of pyridine rings is 1. The van der Waals surface area contributed by atoms with E-state index in [1.54, 1.807) is 23.9 Å². The van der Waals surface area contributed by atoms with Crippen LogP contribution in [0.15, 0.2) is 60.9 Å². The zero-order valence-corrected chi connectivity index (χ0v) is 19.5. The van der Waals surface area contributed by atoms with Gasteiger partial charge in [0.1, 0.15) is 17.1 Å². The monoisotopic (exact) mass is 511 g/mol. The Bertz CT molecular complexity index is 1580. The summed E-state index contributed by atoms with van der Waals surface area (Å²) in [6.45, 7) is 1.95. The van der Waals surface area contributed by atoms with Crippen molar-refractivity contribution in [2.24, 2.45) is 0 Å². The first-order valence-corrected chi connectivity index (χ1v) is 11.0. The molecule has 0 radical (unpaired) electrons. The van der Waals surface area contributed by atoms with Crippen molar-refractivity contribution in [1.29, 1.82) is 0 Å². The summed E-state index contributed by atoms with van der Waals surface area (Å²) in [5, 5.41) is 4.29. The molecular weight excluding hydrogens is 493 g/mol. The molecule has 0 spiro atoms. The van der Waals surface area contributed by atoms with Crippen LogP contribution in [0.5, 0.6) is 5.75 Å². The van der Waals surface area contributed by atoms with Gasteiger partial charge in [-0.25, -0.2) is 18.7 Å². The van der Waals surface area contributed by atoms with Crippen LogP contribution >= 0.6 is 0 Å². The number of hydrogen-bond acceptors (Lipinski definition) is 5. The molecule has 0 bridgehead atoms. The Morgan fingerprint density at radius 2 is 1.68 bits per heavy atom. The highest BCUT2D eigenvalue weighted by Crippen LogP contribution is 2.39. The highest BCUT2D eigenvalue weighted by Gasteiger charge is 2.34. The number of fused-ring (bicyclic) bond motifs is 1. The van der Waals surface area contributed by atoms with Gasteiger partial charge in [0.25, 0.3) is 0 Å². The van der Waals surface area contributed by atoms with Crippen LogP contribution in [0.25, 0.3) is 34.0 Å². The molecule has 0 amide bonds. The van der Waals surface area contributed by atoms with Crippen LogP contribution in [-0.4, -0.2) is 31.8 Å². The predicted octanol–water partition coefficient (Wildman–Crippen LogP) is 6.17. The first-order valence-electron chi connectivity index (χ1n) is 11.0. The molecule has 2 aliphatic rings. The van der Waals surface area contributed by atoms with Gasteiger partial charge < -0.3 is 4.74 Å². The third-order valence-electron chi connectivity index (χ3n) is 5.84. The Labute approximate surface area is 207 Å². The van der Waals surface area contributed by atoms with Crippen molar-refractivity contribution in [3.63, 3.8) is 0 Å². The van der Waals surface area contributed by atoms with Crippen molar-refractivity contribution in [2.75, 3.05) is 7.11 Å². The van der Waals surface area contributed by atoms with Crippen LogP contribution in [0.2, 0.25) is 0 Å². The minimum atomic E-state index is -4.58. The first kappa shape index (κ1) is 24.3. The summed E-state index contributed by atoms with van der Waals surface area (Å²) in [6, 6.07) is 10.7. The number of aromatic nitrogens is 5. The number of nitrogens with zero attached hydrogens (tertiary/aromatic N) is 5. The van der Waals surface area contributed by atoms with E-state index in [0.29, 0.717) is 17.1 Å². The maximum atomic E-state index is 14.2. The van der Waals surface area contributed by atoms with Crippen molar-refractivity contribution in [2.45, 2.75) is 19.6 Å². The third-order valence-corrected chi connectivity index (χ3v) is 5.84. The van der Waals surface area contributed by atoms with Crippen LogP contribution < -0.4 is 4.74 Å². The van der Waals surface area contributed by atoms with E-state index in [1.165, 1.54) is 43.6 Å². The minimum absolute atomic E-state index is 0.0358. The Balaban J connectivity index is 1.44. The average molecular weight is 511 g/mol. The molecule has 1 aromatic heterocycles. The fraction of sp³-hybridized carbons (Fsp3) is 0.154. The largest absolute Gasteiger partial charge is 0.497 e. The van der Waals surface area contributed by atoms with Crippen molar-refractivity contribution in [1.82, 2.24) is 24.7 Å². The van der Waals surface area contributed by atoms with Gasteiger partial charge in [0.2, 0.25) is 0 Å². The number of alkyl halides is 3. The molecule has 0 unspecified atom stereocenters. The second kappa shape index (κ2) is 9.23. The lowest BCUT2D eigenvalue weighted by atomic mass is 10.0. The standard InChI is InChI=1S/C26H18F5N5O/c1-14-15(6-9-21(33-14)17-8-7-16(37-2)10-19(17)26(29,30)31)12-36-13-23-22(11-32-36)34-25(35-23)18-4-3-5-20(27)24(18)28/h3-11,13H,12H2,1-2H3. The Hall–Kier alpha value is -4.41. The maximum Gasteiger partial charge on any atom is 0.417 e. The summed E-state index contributed by atoms with van der Waals surface area (Å²) in [6.07, 6.45) is -1.53. The van der Waals surface area contributed by atoms with Gasteiger partial charge in [-0.1, -0.05) is 12.1 Å². The molecule has 2 aromatic carbocycles. The number of aryl methyl sites for hydroxylation is 1. The lowest BCUT2D eigenvalue weighted by molar-refractivity contribution is -0.137. The Kier molecular flexibility index (Phi) is 6.06. The topological polar surface area (TPSA) is 65.7 Å². The molecule has 6 nitrogen and oxygen atoms in total. The van der Waals surface area contributed by atoms with Gasteiger partial charge in [-0.2, -0.15) is 18.3 Å². The lowest BCUT2D eigenvalue weighted by Crippen LogP contribution is -2.10. The van der Waals surface area contributed by atoms with Gasteiger partial charge in [-0.15, -0.1) is 0 Å².